The second kappa shape index (κ2) is 7.94. The highest BCUT2D eigenvalue weighted by Crippen LogP contribution is 2.24. The molecule has 0 aliphatic heterocycles. The largest absolute Gasteiger partial charge is 0.481 e. The van der Waals surface area contributed by atoms with Crippen molar-refractivity contribution >= 4 is 12.0 Å². The van der Waals surface area contributed by atoms with Gasteiger partial charge in [0.1, 0.15) is 5.82 Å². The highest BCUT2D eigenvalue weighted by atomic mass is 19.1. The number of carbonyl (C=O) groups is 2. The van der Waals surface area contributed by atoms with Crippen LogP contribution in [0.3, 0.4) is 0 Å². The molecule has 1 aromatic carbocycles. The number of halogens is 1. The van der Waals surface area contributed by atoms with Crippen molar-refractivity contribution in [1.29, 1.82) is 0 Å². The molecule has 5 nitrogen and oxygen atoms in total. The molecule has 1 saturated carbocycles. The molecule has 0 bridgehead atoms. The fraction of sp³-hybridized carbons (Fsp3) is 0.529. The average molecular weight is 322 g/mol. The standard InChI is InChI=1S/C17H23FN2O3/c1-11(12-2-6-14(18)7-3-12)10-19-17(23)20-15-8-4-13(5-9-15)16(21)22/h2-3,6-7,11,13,15H,4-5,8-10H2,1H3,(H,21,22)(H2,19,20,23). The topological polar surface area (TPSA) is 78.4 Å². The van der Waals surface area contributed by atoms with Gasteiger partial charge < -0.3 is 15.7 Å². The van der Waals surface area contributed by atoms with Gasteiger partial charge in [-0.25, -0.2) is 9.18 Å². The first kappa shape index (κ1) is 17.2. The van der Waals surface area contributed by atoms with Gasteiger partial charge in [-0.3, -0.25) is 4.79 Å². The van der Waals surface area contributed by atoms with Crippen molar-refractivity contribution < 1.29 is 19.1 Å². The molecule has 126 valence electrons. The Balaban J connectivity index is 1.71. The van der Waals surface area contributed by atoms with Crippen LogP contribution in [0.2, 0.25) is 0 Å². The molecule has 1 aliphatic carbocycles. The molecular weight excluding hydrogens is 299 g/mol. The van der Waals surface area contributed by atoms with Gasteiger partial charge in [-0.2, -0.15) is 0 Å². The molecule has 2 rings (SSSR count). The Morgan fingerprint density at radius 3 is 2.39 bits per heavy atom. The molecule has 2 amide bonds. The first-order chi connectivity index (χ1) is 11.0. The van der Waals surface area contributed by atoms with Gasteiger partial charge in [0.25, 0.3) is 0 Å². The van der Waals surface area contributed by atoms with E-state index in [1.807, 2.05) is 6.92 Å². The van der Waals surface area contributed by atoms with E-state index in [4.69, 9.17) is 5.11 Å². The molecule has 1 atom stereocenters. The van der Waals surface area contributed by atoms with Crippen molar-refractivity contribution in [1.82, 2.24) is 10.6 Å². The smallest absolute Gasteiger partial charge is 0.315 e. The van der Waals surface area contributed by atoms with Gasteiger partial charge in [-0.05, 0) is 49.3 Å². The summed E-state index contributed by atoms with van der Waals surface area (Å²) in [6, 6.07) is 6.04. The Morgan fingerprint density at radius 1 is 1.22 bits per heavy atom. The van der Waals surface area contributed by atoms with E-state index in [2.05, 4.69) is 10.6 Å². The molecule has 0 aromatic heterocycles. The summed E-state index contributed by atoms with van der Waals surface area (Å²) in [5.74, 6) is -1.22. The molecule has 3 N–H and O–H groups in total. The average Bonchev–Trinajstić information content (AvgIpc) is 2.54. The number of carboxylic acids is 1. The third kappa shape index (κ3) is 5.23. The van der Waals surface area contributed by atoms with Gasteiger partial charge in [-0.1, -0.05) is 19.1 Å². The number of aliphatic carboxylic acids is 1. The van der Waals surface area contributed by atoms with Crippen LogP contribution < -0.4 is 10.6 Å². The Labute approximate surface area is 135 Å². The molecule has 0 heterocycles. The lowest BCUT2D eigenvalue weighted by atomic mass is 9.86. The summed E-state index contributed by atoms with van der Waals surface area (Å²) < 4.78 is 12.9. The van der Waals surface area contributed by atoms with Crippen molar-refractivity contribution in [2.24, 2.45) is 5.92 Å². The van der Waals surface area contributed by atoms with Gasteiger partial charge in [0, 0.05) is 12.6 Å². The number of carboxylic acid groups (broad SMARTS) is 1. The number of hydrogen-bond acceptors (Lipinski definition) is 2. The summed E-state index contributed by atoms with van der Waals surface area (Å²) >= 11 is 0. The Morgan fingerprint density at radius 2 is 1.83 bits per heavy atom. The number of nitrogens with one attached hydrogen (secondary N) is 2. The predicted molar refractivity (Wildman–Crippen MR) is 84.7 cm³/mol. The summed E-state index contributed by atoms with van der Waals surface area (Å²) in [5, 5.41) is 14.7. The van der Waals surface area contributed by atoms with Crippen molar-refractivity contribution in [2.75, 3.05) is 6.54 Å². The van der Waals surface area contributed by atoms with Crippen LogP contribution in [0.4, 0.5) is 9.18 Å². The first-order valence-corrected chi connectivity index (χ1v) is 7.98. The molecule has 0 saturated heterocycles. The van der Waals surface area contributed by atoms with E-state index in [1.54, 1.807) is 12.1 Å². The lowest BCUT2D eigenvalue weighted by molar-refractivity contribution is -0.142. The molecule has 23 heavy (non-hydrogen) atoms. The maximum Gasteiger partial charge on any atom is 0.315 e. The summed E-state index contributed by atoms with van der Waals surface area (Å²) in [7, 11) is 0. The van der Waals surface area contributed by atoms with Crippen LogP contribution in [-0.4, -0.2) is 29.7 Å². The maximum atomic E-state index is 12.9. The van der Waals surface area contributed by atoms with Crippen LogP contribution in [0.25, 0.3) is 0 Å². The monoisotopic (exact) mass is 322 g/mol. The van der Waals surface area contributed by atoms with Gasteiger partial charge >= 0.3 is 12.0 Å². The molecule has 0 radical (unpaired) electrons. The van der Waals surface area contributed by atoms with Crippen molar-refractivity contribution in [3.8, 4) is 0 Å². The minimum absolute atomic E-state index is 0.0340. The zero-order valence-electron chi connectivity index (χ0n) is 13.2. The highest BCUT2D eigenvalue weighted by molar-refractivity contribution is 5.74. The fourth-order valence-electron chi connectivity index (χ4n) is 2.88. The summed E-state index contributed by atoms with van der Waals surface area (Å²) in [4.78, 5) is 22.8. The van der Waals surface area contributed by atoms with Crippen LogP contribution >= 0.6 is 0 Å². The lowest BCUT2D eigenvalue weighted by Gasteiger charge is -2.27. The van der Waals surface area contributed by atoms with E-state index in [-0.39, 0.29) is 29.7 Å². The Bertz CT molecular complexity index is 539. The molecule has 6 heteroatoms. The lowest BCUT2D eigenvalue weighted by Crippen LogP contribution is -2.45. The van der Waals surface area contributed by atoms with Gasteiger partial charge in [-0.15, -0.1) is 0 Å². The zero-order valence-corrected chi connectivity index (χ0v) is 13.2. The number of hydrogen-bond donors (Lipinski definition) is 3. The SMILES string of the molecule is CC(CNC(=O)NC1CCC(C(=O)O)CC1)c1ccc(F)cc1. The van der Waals surface area contributed by atoms with E-state index in [0.29, 0.717) is 32.2 Å². The van der Waals surface area contributed by atoms with Gasteiger partial charge in [0.05, 0.1) is 5.92 Å². The van der Waals surface area contributed by atoms with Crippen LogP contribution in [0.5, 0.6) is 0 Å². The van der Waals surface area contributed by atoms with E-state index < -0.39 is 5.97 Å². The van der Waals surface area contributed by atoms with Crippen LogP contribution in [-0.2, 0) is 4.79 Å². The van der Waals surface area contributed by atoms with E-state index in [0.717, 1.165) is 5.56 Å². The number of carbonyl (C=O) groups excluding carboxylic acids is 1. The molecule has 1 aromatic rings. The molecule has 0 spiro atoms. The summed E-state index contributed by atoms with van der Waals surface area (Å²) in [6.45, 7) is 2.42. The van der Waals surface area contributed by atoms with Crippen molar-refractivity contribution in [2.45, 2.75) is 44.6 Å². The number of amides is 2. The molecular formula is C17H23FN2O3. The first-order valence-electron chi connectivity index (χ1n) is 7.98. The second-order valence-electron chi connectivity index (χ2n) is 6.19. The van der Waals surface area contributed by atoms with Crippen LogP contribution in [0, 0.1) is 11.7 Å². The second-order valence-corrected chi connectivity index (χ2v) is 6.19. The number of urea groups is 1. The van der Waals surface area contributed by atoms with Crippen LogP contribution in [0.1, 0.15) is 44.1 Å². The molecule has 1 aliphatic rings. The quantitative estimate of drug-likeness (QED) is 0.780. The van der Waals surface area contributed by atoms with E-state index in [1.165, 1.54) is 12.1 Å². The minimum atomic E-state index is -0.749. The van der Waals surface area contributed by atoms with E-state index >= 15 is 0 Å². The zero-order chi connectivity index (χ0) is 16.8. The third-order valence-electron chi connectivity index (χ3n) is 4.42. The third-order valence-corrected chi connectivity index (χ3v) is 4.42. The maximum absolute atomic E-state index is 12.9. The summed E-state index contributed by atoms with van der Waals surface area (Å²) in [5.41, 5.74) is 0.966. The van der Waals surface area contributed by atoms with Gasteiger partial charge in [0.2, 0.25) is 0 Å². The van der Waals surface area contributed by atoms with Crippen molar-refractivity contribution in [3.05, 3.63) is 35.6 Å². The minimum Gasteiger partial charge on any atom is -0.481 e. The van der Waals surface area contributed by atoms with Crippen LogP contribution in [0.15, 0.2) is 24.3 Å². The fourth-order valence-corrected chi connectivity index (χ4v) is 2.88. The Kier molecular flexibility index (Phi) is 5.96. The number of benzene rings is 1. The molecule has 1 fully saturated rings. The molecule has 1 unspecified atom stereocenters. The van der Waals surface area contributed by atoms with E-state index in [9.17, 15) is 14.0 Å². The number of rotatable bonds is 5. The van der Waals surface area contributed by atoms with Crippen molar-refractivity contribution in [3.63, 3.8) is 0 Å². The normalized spacial score (nSPS) is 22.2. The van der Waals surface area contributed by atoms with Gasteiger partial charge in [0.15, 0.2) is 0 Å². The summed E-state index contributed by atoms with van der Waals surface area (Å²) in [6.07, 6.45) is 2.59. The predicted octanol–water partition coefficient (Wildman–Crippen LogP) is 2.87. The highest BCUT2D eigenvalue weighted by Gasteiger charge is 2.26. The Hall–Kier alpha value is -2.11.